The zero-order valence-electron chi connectivity index (χ0n) is 15.2. The van der Waals surface area contributed by atoms with Gasteiger partial charge in [0.1, 0.15) is 0 Å². The standard InChI is InChI=1S/C17H26N6OS.HI/c1-3-25(24)14-8-6-7-13(11-14)20-17(18-2)19-12-16-22-21-15-9-4-5-10-23(15)16;/h4-5,9-10,13-14H,3,6-8,11-12H2,1-2H3,(H2,18,19,20);1H. The number of fused-ring (bicyclic) bond motifs is 1. The Hall–Kier alpha value is -1.23. The molecule has 144 valence electrons. The Morgan fingerprint density at radius 2 is 2.23 bits per heavy atom. The van der Waals surface area contributed by atoms with Gasteiger partial charge in [-0.3, -0.25) is 13.6 Å². The van der Waals surface area contributed by atoms with Crippen LogP contribution in [-0.4, -0.2) is 48.9 Å². The Balaban J connectivity index is 0.00000243. The van der Waals surface area contributed by atoms with E-state index in [1.807, 2.05) is 35.7 Å². The first kappa shape index (κ1) is 21.1. The maximum absolute atomic E-state index is 12.1. The molecule has 3 rings (SSSR count). The Morgan fingerprint density at radius 3 is 3.00 bits per heavy atom. The quantitative estimate of drug-likeness (QED) is 0.381. The highest BCUT2D eigenvalue weighted by Gasteiger charge is 2.26. The van der Waals surface area contributed by atoms with Crippen LogP contribution < -0.4 is 10.6 Å². The zero-order valence-corrected chi connectivity index (χ0v) is 18.4. The smallest absolute Gasteiger partial charge is 0.191 e. The van der Waals surface area contributed by atoms with Gasteiger partial charge in [0.2, 0.25) is 0 Å². The van der Waals surface area contributed by atoms with Crippen LogP contribution in [0, 0.1) is 0 Å². The van der Waals surface area contributed by atoms with E-state index in [1.54, 1.807) is 7.05 Å². The second kappa shape index (κ2) is 10.2. The molecule has 0 aromatic carbocycles. The number of halogens is 1. The minimum atomic E-state index is -0.717. The van der Waals surface area contributed by atoms with Gasteiger partial charge < -0.3 is 10.6 Å². The first-order valence-electron chi connectivity index (χ1n) is 8.84. The fraction of sp³-hybridized carbons (Fsp3) is 0.588. The number of aromatic nitrogens is 3. The van der Waals surface area contributed by atoms with Crippen molar-refractivity contribution in [1.82, 2.24) is 25.2 Å². The maximum Gasteiger partial charge on any atom is 0.191 e. The Kier molecular flexibility index (Phi) is 8.26. The van der Waals surface area contributed by atoms with Crippen LogP contribution in [0.5, 0.6) is 0 Å². The van der Waals surface area contributed by atoms with E-state index in [0.717, 1.165) is 48.9 Å². The number of nitrogens with one attached hydrogen (secondary N) is 2. The van der Waals surface area contributed by atoms with Crippen LogP contribution >= 0.6 is 24.0 Å². The van der Waals surface area contributed by atoms with Gasteiger partial charge in [-0.2, -0.15) is 0 Å². The maximum atomic E-state index is 12.1. The lowest BCUT2D eigenvalue weighted by atomic mass is 9.95. The third-order valence-electron chi connectivity index (χ3n) is 4.65. The number of rotatable bonds is 5. The summed E-state index contributed by atoms with van der Waals surface area (Å²) in [6, 6.07) is 6.15. The van der Waals surface area contributed by atoms with Crippen molar-refractivity contribution in [2.45, 2.75) is 50.4 Å². The summed E-state index contributed by atoms with van der Waals surface area (Å²) in [5, 5.41) is 15.5. The van der Waals surface area contributed by atoms with Crippen LogP contribution in [-0.2, 0) is 17.3 Å². The average molecular weight is 490 g/mol. The molecule has 0 radical (unpaired) electrons. The summed E-state index contributed by atoms with van der Waals surface area (Å²) < 4.78 is 14.1. The van der Waals surface area contributed by atoms with Crippen LogP contribution in [0.4, 0.5) is 0 Å². The number of hydrogen-bond donors (Lipinski definition) is 2. The molecule has 2 aromatic heterocycles. The first-order valence-corrected chi connectivity index (χ1v) is 10.2. The molecule has 1 aliphatic carbocycles. The summed E-state index contributed by atoms with van der Waals surface area (Å²) in [6.07, 6.45) is 6.16. The van der Waals surface area contributed by atoms with Gasteiger partial charge in [0.05, 0.1) is 6.54 Å². The highest BCUT2D eigenvalue weighted by molar-refractivity contribution is 14.0. The fourth-order valence-corrected chi connectivity index (χ4v) is 4.66. The van der Waals surface area contributed by atoms with Crippen LogP contribution in [0.15, 0.2) is 29.4 Å². The average Bonchev–Trinajstić information content (AvgIpc) is 3.08. The fourth-order valence-electron chi connectivity index (χ4n) is 3.31. The van der Waals surface area contributed by atoms with E-state index in [1.165, 1.54) is 0 Å². The van der Waals surface area contributed by atoms with Crippen molar-refractivity contribution in [3.8, 4) is 0 Å². The van der Waals surface area contributed by atoms with E-state index in [0.29, 0.717) is 17.8 Å². The summed E-state index contributed by atoms with van der Waals surface area (Å²) in [5.74, 6) is 2.33. The van der Waals surface area contributed by atoms with E-state index in [2.05, 4.69) is 25.8 Å². The predicted octanol–water partition coefficient (Wildman–Crippen LogP) is 2.09. The Bertz CT molecular complexity index is 765. The monoisotopic (exact) mass is 490 g/mol. The van der Waals surface area contributed by atoms with Crippen molar-refractivity contribution in [1.29, 1.82) is 0 Å². The molecule has 0 bridgehead atoms. The number of guanidine groups is 1. The SMILES string of the molecule is CCS(=O)C1CCCC(NC(=NC)NCc2nnc3ccccn23)C1.I. The zero-order chi connectivity index (χ0) is 17.6. The molecule has 3 unspecified atom stereocenters. The molecule has 1 saturated carbocycles. The summed E-state index contributed by atoms with van der Waals surface area (Å²) in [4.78, 5) is 4.31. The number of pyridine rings is 1. The second-order valence-electron chi connectivity index (χ2n) is 6.27. The Morgan fingerprint density at radius 1 is 1.38 bits per heavy atom. The van der Waals surface area contributed by atoms with Gasteiger partial charge in [0, 0.05) is 41.1 Å². The predicted molar refractivity (Wildman–Crippen MR) is 116 cm³/mol. The molecule has 1 fully saturated rings. The molecular formula is C17H27IN6OS. The Labute approximate surface area is 173 Å². The topological polar surface area (TPSA) is 83.7 Å². The lowest BCUT2D eigenvalue weighted by Crippen LogP contribution is -2.46. The number of aliphatic imine (C=N–C) groups is 1. The molecule has 0 saturated heterocycles. The molecule has 1 aliphatic rings. The summed E-state index contributed by atoms with van der Waals surface area (Å²) in [5.41, 5.74) is 0.833. The summed E-state index contributed by atoms with van der Waals surface area (Å²) in [6.45, 7) is 2.54. The molecule has 2 aromatic rings. The van der Waals surface area contributed by atoms with Crippen LogP contribution in [0.2, 0.25) is 0 Å². The largest absolute Gasteiger partial charge is 0.354 e. The highest BCUT2D eigenvalue weighted by atomic mass is 127. The molecule has 7 nitrogen and oxygen atoms in total. The van der Waals surface area contributed by atoms with Gasteiger partial charge in [-0.1, -0.05) is 19.4 Å². The molecule has 26 heavy (non-hydrogen) atoms. The summed E-state index contributed by atoms with van der Waals surface area (Å²) in [7, 11) is 1.05. The first-order chi connectivity index (χ1) is 12.2. The molecule has 3 atom stereocenters. The van der Waals surface area contributed by atoms with Gasteiger partial charge in [0.15, 0.2) is 17.4 Å². The molecular weight excluding hydrogens is 463 g/mol. The van der Waals surface area contributed by atoms with Crippen LogP contribution in [0.3, 0.4) is 0 Å². The van der Waals surface area contributed by atoms with Crippen molar-refractivity contribution in [2.24, 2.45) is 4.99 Å². The van der Waals surface area contributed by atoms with E-state index in [-0.39, 0.29) is 24.0 Å². The van der Waals surface area contributed by atoms with Gasteiger partial charge in [-0.05, 0) is 31.4 Å². The van der Waals surface area contributed by atoms with Gasteiger partial charge >= 0.3 is 0 Å². The van der Waals surface area contributed by atoms with Crippen molar-refractivity contribution in [2.75, 3.05) is 12.8 Å². The van der Waals surface area contributed by atoms with Gasteiger partial charge in [-0.15, -0.1) is 34.2 Å². The van der Waals surface area contributed by atoms with Crippen molar-refractivity contribution in [3.05, 3.63) is 30.2 Å². The highest BCUT2D eigenvalue weighted by Crippen LogP contribution is 2.22. The molecule has 9 heteroatoms. The van der Waals surface area contributed by atoms with Gasteiger partial charge in [0.25, 0.3) is 0 Å². The van der Waals surface area contributed by atoms with Crippen molar-refractivity contribution in [3.63, 3.8) is 0 Å². The number of hydrogen-bond acceptors (Lipinski definition) is 4. The third kappa shape index (κ3) is 5.15. The minimum Gasteiger partial charge on any atom is -0.354 e. The normalized spacial score (nSPS) is 21.8. The lowest BCUT2D eigenvalue weighted by Gasteiger charge is -2.30. The van der Waals surface area contributed by atoms with Gasteiger partial charge in [-0.25, -0.2) is 0 Å². The minimum absolute atomic E-state index is 0. The van der Waals surface area contributed by atoms with E-state index in [4.69, 9.17) is 0 Å². The van der Waals surface area contributed by atoms with E-state index in [9.17, 15) is 4.21 Å². The van der Waals surface area contributed by atoms with Crippen LogP contribution in [0.25, 0.3) is 5.65 Å². The van der Waals surface area contributed by atoms with Crippen LogP contribution in [0.1, 0.15) is 38.4 Å². The summed E-state index contributed by atoms with van der Waals surface area (Å²) >= 11 is 0. The molecule has 0 amide bonds. The molecule has 2 heterocycles. The third-order valence-corrected chi connectivity index (χ3v) is 6.39. The molecule has 0 spiro atoms. The van der Waals surface area contributed by atoms with E-state index >= 15 is 0 Å². The second-order valence-corrected chi connectivity index (χ2v) is 8.28. The van der Waals surface area contributed by atoms with E-state index < -0.39 is 10.8 Å². The number of nitrogens with zero attached hydrogens (tertiary/aromatic N) is 4. The van der Waals surface area contributed by atoms with Crippen molar-refractivity contribution < 1.29 is 4.21 Å². The molecule has 2 N–H and O–H groups in total. The van der Waals surface area contributed by atoms with Crippen molar-refractivity contribution >= 4 is 46.4 Å². The lowest BCUT2D eigenvalue weighted by molar-refractivity contribution is 0.413. The molecule has 0 aliphatic heterocycles.